The standard InChI is InChI=1S/C14H21FIN3/c1-10(9-19-5-3-2-4-6-19)18-14-7-11(15)12(16)8-13(14)17/h7-8,10,18H,2-6,9,17H2,1H3. The number of piperidine rings is 1. The van der Waals surface area contributed by atoms with Crippen LogP contribution >= 0.6 is 22.6 Å². The SMILES string of the molecule is CC(CN1CCCCC1)Nc1cc(F)c(I)cc1N. The molecule has 0 radical (unpaired) electrons. The average Bonchev–Trinajstić information content (AvgIpc) is 2.37. The molecule has 1 unspecified atom stereocenters. The Kier molecular flexibility index (Phi) is 5.27. The number of hydrogen-bond acceptors (Lipinski definition) is 3. The zero-order valence-electron chi connectivity index (χ0n) is 11.3. The molecule has 1 aliphatic rings. The Bertz CT molecular complexity index is 433. The first-order chi connectivity index (χ1) is 9.06. The lowest BCUT2D eigenvalue weighted by Gasteiger charge is -2.30. The second kappa shape index (κ2) is 6.74. The summed E-state index contributed by atoms with van der Waals surface area (Å²) in [4.78, 5) is 2.46. The number of nitrogens with one attached hydrogen (secondary N) is 1. The van der Waals surface area contributed by atoms with Gasteiger partial charge in [-0.15, -0.1) is 0 Å². The van der Waals surface area contributed by atoms with Crippen LogP contribution < -0.4 is 11.1 Å². The van der Waals surface area contributed by atoms with E-state index in [4.69, 9.17) is 5.73 Å². The summed E-state index contributed by atoms with van der Waals surface area (Å²) in [7, 11) is 0. The Morgan fingerprint density at radius 3 is 2.74 bits per heavy atom. The van der Waals surface area contributed by atoms with Crippen molar-refractivity contribution in [3.8, 4) is 0 Å². The quantitative estimate of drug-likeness (QED) is 0.625. The van der Waals surface area contributed by atoms with E-state index in [1.807, 2.05) is 22.6 Å². The van der Waals surface area contributed by atoms with Crippen LogP contribution in [0.5, 0.6) is 0 Å². The third kappa shape index (κ3) is 4.21. The summed E-state index contributed by atoms with van der Waals surface area (Å²) in [6.45, 7) is 5.43. The molecule has 1 heterocycles. The van der Waals surface area contributed by atoms with Crippen LogP contribution in [0.3, 0.4) is 0 Å². The zero-order valence-corrected chi connectivity index (χ0v) is 13.4. The highest BCUT2D eigenvalue weighted by Gasteiger charge is 2.14. The summed E-state index contributed by atoms with van der Waals surface area (Å²) < 4.78 is 14.1. The number of likely N-dealkylation sites (tertiary alicyclic amines) is 1. The van der Waals surface area contributed by atoms with Crippen LogP contribution in [0.25, 0.3) is 0 Å². The summed E-state index contributed by atoms with van der Waals surface area (Å²) >= 11 is 1.95. The first kappa shape index (κ1) is 14.8. The van der Waals surface area contributed by atoms with Crippen LogP contribution in [0.2, 0.25) is 0 Å². The fourth-order valence-corrected chi connectivity index (χ4v) is 3.02. The predicted molar refractivity (Wildman–Crippen MR) is 86.9 cm³/mol. The molecule has 1 aromatic rings. The first-order valence-electron chi connectivity index (χ1n) is 6.79. The second-order valence-electron chi connectivity index (χ2n) is 5.26. The lowest BCUT2D eigenvalue weighted by atomic mass is 10.1. The van der Waals surface area contributed by atoms with E-state index < -0.39 is 0 Å². The number of anilines is 2. The van der Waals surface area contributed by atoms with Gasteiger partial charge in [0, 0.05) is 18.7 Å². The van der Waals surface area contributed by atoms with Gasteiger partial charge in [0.1, 0.15) is 5.82 Å². The van der Waals surface area contributed by atoms with E-state index in [1.165, 1.54) is 38.4 Å². The molecule has 106 valence electrons. The van der Waals surface area contributed by atoms with Gasteiger partial charge in [0.25, 0.3) is 0 Å². The van der Waals surface area contributed by atoms with Gasteiger partial charge >= 0.3 is 0 Å². The van der Waals surface area contributed by atoms with Crippen LogP contribution in [-0.2, 0) is 0 Å². The van der Waals surface area contributed by atoms with Gasteiger partial charge < -0.3 is 16.0 Å². The average molecular weight is 377 g/mol. The zero-order chi connectivity index (χ0) is 13.8. The topological polar surface area (TPSA) is 41.3 Å². The van der Waals surface area contributed by atoms with Crippen molar-refractivity contribution in [3.05, 3.63) is 21.5 Å². The van der Waals surface area contributed by atoms with Gasteiger partial charge in [-0.2, -0.15) is 0 Å². The van der Waals surface area contributed by atoms with Gasteiger partial charge in [0.05, 0.1) is 14.9 Å². The van der Waals surface area contributed by atoms with E-state index in [2.05, 4.69) is 17.1 Å². The predicted octanol–water partition coefficient (Wildman–Crippen LogP) is 3.30. The van der Waals surface area contributed by atoms with E-state index in [-0.39, 0.29) is 11.9 Å². The molecular formula is C14H21FIN3. The number of nitrogens with zero attached hydrogens (tertiary/aromatic N) is 1. The smallest absolute Gasteiger partial charge is 0.138 e. The van der Waals surface area contributed by atoms with E-state index >= 15 is 0 Å². The second-order valence-corrected chi connectivity index (χ2v) is 6.42. The molecule has 1 aliphatic heterocycles. The van der Waals surface area contributed by atoms with E-state index in [0.717, 1.165) is 6.54 Å². The Labute approximate surface area is 127 Å². The van der Waals surface area contributed by atoms with Gasteiger partial charge in [-0.05, 0) is 61.5 Å². The van der Waals surface area contributed by atoms with E-state index in [1.54, 1.807) is 6.07 Å². The first-order valence-corrected chi connectivity index (χ1v) is 7.87. The third-order valence-electron chi connectivity index (χ3n) is 3.48. The molecule has 1 aromatic carbocycles. The van der Waals surface area contributed by atoms with Crippen molar-refractivity contribution in [1.29, 1.82) is 0 Å². The van der Waals surface area contributed by atoms with Crippen molar-refractivity contribution in [2.45, 2.75) is 32.2 Å². The molecule has 3 nitrogen and oxygen atoms in total. The van der Waals surface area contributed by atoms with Crippen molar-refractivity contribution in [1.82, 2.24) is 4.90 Å². The molecule has 19 heavy (non-hydrogen) atoms. The van der Waals surface area contributed by atoms with E-state index in [0.29, 0.717) is 14.9 Å². The Hall–Kier alpha value is -0.560. The monoisotopic (exact) mass is 377 g/mol. The summed E-state index contributed by atoms with van der Waals surface area (Å²) in [5.74, 6) is -0.220. The highest BCUT2D eigenvalue weighted by atomic mass is 127. The molecule has 0 spiro atoms. The minimum Gasteiger partial charge on any atom is -0.397 e. The number of nitrogens with two attached hydrogens (primary N) is 1. The van der Waals surface area contributed by atoms with Gasteiger partial charge in [-0.1, -0.05) is 6.42 Å². The summed E-state index contributed by atoms with van der Waals surface area (Å²) in [5.41, 5.74) is 7.23. The number of rotatable bonds is 4. The number of nitrogen functional groups attached to an aromatic ring is 1. The molecular weight excluding hydrogens is 356 g/mol. The third-order valence-corrected chi connectivity index (χ3v) is 4.30. The molecule has 1 saturated heterocycles. The normalized spacial score (nSPS) is 18.3. The largest absolute Gasteiger partial charge is 0.397 e. The van der Waals surface area contributed by atoms with Gasteiger partial charge in [-0.3, -0.25) is 0 Å². The summed E-state index contributed by atoms with van der Waals surface area (Å²) in [6, 6.07) is 3.43. The summed E-state index contributed by atoms with van der Waals surface area (Å²) in [6.07, 6.45) is 3.91. The minimum absolute atomic E-state index is 0.220. The van der Waals surface area contributed by atoms with Gasteiger partial charge in [0.2, 0.25) is 0 Å². The highest BCUT2D eigenvalue weighted by molar-refractivity contribution is 14.1. The van der Waals surface area contributed by atoms with E-state index in [9.17, 15) is 4.39 Å². The number of hydrogen-bond donors (Lipinski definition) is 2. The van der Waals surface area contributed by atoms with Crippen molar-refractivity contribution in [2.75, 3.05) is 30.7 Å². The maximum atomic E-state index is 13.6. The Morgan fingerprint density at radius 1 is 1.37 bits per heavy atom. The molecule has 5 heteroatoms. The molecule has 0 amide bonds. The van der Waals surface area contributed by atoms with Crippen LogP contribution in [0.1, 0.15) is 26.2 Å². The van der Waals surface area contributed by atoms with Crippen molar-refractivity contribution in [2.24, 2.45) is 0 Å². The van der Waals surface area contributed by atoms with Gasteiger partial charge in [-0.25, -0.2) is 4.39 Å². The molecule has 2 rings (SSSR count). The van der Waals surface area contributed by atoms with Crippen LogP contribution in [0, 0.1) is 9.39 Å². The fourth-order valence-electron chi connectivity index (χ4n) is 2.53. The van der Waals surface area contributed by atoms with Crippen molar-refractivity contribution < 1.29 is 4.39 Å². The fraction of sp³-hybridized carbons (Fsp3) is 0.571. The molecule has 1 atom stereocenters. The maximum absolute atomic E-state index is 13.6. The van der Waals surface area contributed by atoms with Gasteiger partial charge in [0.15, 0.2) is 0 Å². The van der Waals surface area contributed by atoms with Crippen molar-refractivity contribution in [3.63, 3.8) is 0 Å². The van der Waals surface area contributed by atoms with Crippen LogP contribution in [-0.4, -0.2) is 30.6 Å². The number of halogens is 2. The Balaban J connectivity index is 1.94. The molecule has 0 aliphatic carbocycles. The minimum atomic E-state index is -0.220. The van der Waals surface area contributed by atoms with Crippen LogP contribution in [0.4, 0.5) is 15.8 Å². The molecule has 0 bridgehead atoms. The highest BCUT2D eigenvalue weighted by Crippen LogP contribution is 2.24. The molecule has 3 N–H and O–H groups in total. The van der Waals surface area contributed by atoms with Crippen molar-refractivity contribution >= 4 is 34.0 Å². The van der Waals surface area contributed by atoms with Crippen LogP contribution in [0.15, 0.2) is 12.1 Å². The number of benzene rings is 1. The molecule has 0 aromatic heterocycles. The lowest BCUT2D eigenvalue weighted by Crippen LogP contribution is -2.38. The maximum Gasteiger partial charge on any atom is 0.138 e. The summed E-state index contributed by atoms with van der Waals surface area (Å²) in [5, 5.41) is 3.32. The Morgan fingerprint density at radius 2 is 2.05 bits per heavy atom. The molecule has 1 fully saturated rings. The molecule has 0 saturated carbocycles. The lowest BCUT2D eigenvalue weighted by molar-refractivity contribution is 0.223.